The lowest BCUT2D eigenvalue weighted by atomic mass is 10.2. The fraction of sp³-hybridized carbons (Fsp3) is 0.235. The number of amides is 1. The molecule has 0 spiro atoms. The number of carbonyl (C=O) groups excluding carboxylic acids is 1. The number of methoxy groups -OCH3 is 1. The van der Waals surface area contributed by atoms with E-state index in [1.807, 2.05) is 30.3 Å². The van der Waals surface area contributed by atoms with Crippen LogP contribution in [0.4, 0.5) is 11.4 Å². The first-order valence-electron chi connectivity index (χ1n) is 7.27. The average Bonchev–Trinajstić information content (AvgIpc) is 3.03. The topological polar surface area (TPSA) is 68.8 Å². The van der Waals surface area contributed by atoms with Crippen molar-refractivity contribution in [3.05, 3.63) is 42.5 Å². The van der Waals surface area contributed by atoms with E-state index >= 15 is 0 Å². The third-order valence-electron chi connectivity index (χ3n) is 3.51. The van der Waals surface area contributed by atoms with Gasteiger partial charge >= 0.3 is 0 Å². The lowest BCUT2D eigenvalue weighted by molar-refractivity contribution is -0.116. The fourth-order valence-corrected chi connectivity index (χ4v) is 2.29. The molecule has 2 N–H and O–H groups in total. The Balaban J connectivity index is 1.66. The van der Waals surface area contributed by atoms with Crippen molar-refractivity contribution in [2.24, 2.45) is 0 Å². The van der Waals surface area contributed by atoms with E-state index in [4.69, 9.17) is 14.2 Å². The summed E-state index contributed by atoms with van der Waals surface area (Å²) in [4.78, 5) is 12.3. The molecule has 23 heavy (non-hydrogen) atoms. The summed E-state index contributed by atoms with van der Waals surface area (Å²) in [5.41, 5.74) is 1.43. The highest BCUT2D eigenvalue weighted by Crippen LogP contribution is 2.34. The zero-order valence-electron chi connectivity index (χ0n) is 13.0. The Kier molecular flexibility index (Phi) is 4.23. The van der Waals surface area contributed by atoms with Gasteiger partial charge in [0.05, 0.1) is 12.8 Å². The van der Waals surface area contributed by atoms with Gasteiger partial charge in [-0.15, -0.1) is 0 Å². The summed E-state index contributed by atoms with van der Waals surface area (Å²) < 4.78 is 15.8. The van der Waals surface area contributed by atoms with Crippen molar-refractivity contribution in [1.82, 2.24) is 0 Å². The van der Waals surface area contributed by atoms with Crippen molar-refractivity contribution >= 4 is 17.3 Å². The smallest absolute Gasteiger partial charge is 0.246 e. The first-order valence-corrected chi connectivity index (χ1v) is 7.27. The van der Waals surface area contributed by atoms with Crippen LogP contribution in [-0.4, -0.2) is 25.9 Å². The van der Waals surface area contributed by atoms with Gasteiger partial charge in [-0.2, -0.15) is 0 Å². The van der Waals surface area contributed by atoms with Gasteiger partial charge in [0.1, 0.15) is 11.8 Å². The summed E-state index contributed by atoms with van der Waals surface area (Å²) in [6, 6.07) is 12.3. The third-order valence-corrected chi connectivity index (χ3v) is 3.51. The Bertz CT molecular complexity index is 717. The second-order valence-electron chi connectivity index (χ2n) is 5.12. The van der Waals surface area contributed by atoms with Crippen LogP contribution < -0.4 is 24.8 Å². The number of hydrogen-bond donors (Lipinski definition) is 2. The molecule has 3 rings (SSSR count). The molecule has 1 aliphatic rings. The van der Waals surface area contributed by atoms with E-state index in [1.165, 1.54) is 0 Å². The van der Waals surface area contributed by atoms with Crippen LogP contribution in [-0.2, 0) is 4.79 Å². The zero-order chi connectivity index (χ0) is 16.2. The lowest BCUT2D eigenvalue weighted by Crippen LogP contribution is -2.31. The molecule has 120 valence electrons. The van der Waals surface area contributed by atoms with Gasteiger partial charge < -0.3 is 24.8 Å². The normalized spacial score (nSPS) is 13.3. The van der Waals surface area contributed by atoms with Crippen LogP contribution in [0.1, 0.15) is 6.92 Å². The number of para-hydroxylation sites is 2. The van der Waals surface area contributed by atoms with E-state index in [2.05, 4.69) is 10.6 Å². The number of fused-ring (bicyclic) bond motifs is 1. The van der Waals surface area contributed by atoms with E-state index in [9.17, 15) is 4.79 Å². The summed E-state index contributed by atoms with van der Waals surface area (Å²) in [6.45, 7) is 2.01. The Morgan fingerprint density at radius 2 is 1.96 bits per heavy atom. The number of nitrogens with one attached hydrogen (secondary N) is 2. The number of anilines is 2. The van der Waals surface area contributed by atoms with Gasteiger partial charge in [0.2, 0.25) is 12.7 Å². The summed E-state index contributed by atoms with van der Waals surface area (Å²) in [6.07, 6.45) is 0. The third kappa shape index (κ3) is 3.31. The molecular formula is C17H18N2O4. The van der Waals surface area contributed by atoms with Crippen molar-refractivity contribution < 1.29 is 19.0 Å². The molecule has 1 heterocycles. The van der Waals surface area contributed by atoms with E-state index < -0.39 is 6.04 Å². The summed E-state index contributed by atoms with van der Waals surface area (Å²) in [5.74, 6) is 1.84. The van der Waals surface area contributed by atoms with Crippen LogP contribution in [0.2, 0.25) is 0 Å². The molecule has 0 aromatic heterocycles. The molecule has 1 aliphatic heterocycles. The van der Waals surface area contributed by atoms with Crippen LogP contribution in [0, 0.1) is 0 Å². The molecule has 0 radical (unpaired) electrons. The molecule has 2 aromatic rings. The van der Waals surface area contributed by atoms with E-state index in [0.717, 1.165) is 5.69 Å². The monoisotopic (exact) mass is 314 g/mol. The van der Waals surface area contributed by atoms with Crippen molar-refractivity contribution in [2.45, 2.75) is 13.0 Å². The molecule has 2 aromatic carbocycles. The molecule has 1 amide bonds. The van der Waals surface area contributed by atoms with Gasteiger partial charge in [-0.3, -0.25) is 4.79 Å². The second-order valence-corrected chi connectivity index (χ2v) is 5.12. The zero-order valence-corrected chi connectivity index (χ0v) is 13.0. The number of carbonyl (C=O) groups is 1. The molecule has 0 bridgehead atoms. The fourth-order valence-electron chi connectivity index (χ4n) is 2.29. The first kappa shape index (κ1) is 15.0. The van der Waals surface area contributed by atoms with Crippen molar-refractivity contribution in [1.29, 1.82) is 0 Å². The predicted octanol–water partition coefficient (Wildman–Crippen LogP) is 2.86. The largest absolute Gasteiger partial charge is 0.495 e. The van der Waals surface area contributed by atoms with Gasteiger partial charge in [0.25, 0.3) is 0 Å². The SMILES string of the molecule is COc1ccccc1NC(=O)C(C)Nc1ccc2c(c1)OCO2. The number of ether oxygens (including phenoxy) is 3. The van der Waals surface area contributed by atoms with Gasteiger partial charge in [-0.1, -0.05) is 12.1 Å². The highest BCUT2D eigenvalue weighted by Gasteiger charge is 2.17. The number of hydrogen-bond acceptors (Lipinski definition) is 5. The van der Waals surface area contributed by atoms with Crippen molar-refractivity contribution in [3.63, 3.8) is 0 Å². The first-order chi connectivity index (χ1) is 11.2. The minimum atomic E-state index is -0.430. The molecular weight excluding hydrogens is 296 g/mol. The highest BCUT2D eigenvalue weighted by molar-refractivity contribution is 5.97. The van der Waals surface area contributed by atoms with Crippen LogP contribution in [0.25, 0.3) is 0 Å². The molecule has 0 saturated carbocycles. The molecule has 0 aliphatic carbocycles. The van der Waals surface area contributed by atoms with Crippen molar-refractivity contribution in [3.8, 4) is 17.2 Å². The second kappa shape index (κ2) is 6.48. The minimum absolute atomic E-state index is 0.160. The Labute approximate surface area is 134 Å². The van der Waals surface area contributed by atoms with Gasteiger partial charge in [-0.25, -0.2) is 0 Å². The molecule has 1 atom stereocenters. The van der Waals surface area contributed by atoms with Crippen LogP contribution >= 0.6 is 0 Å². The summed E-state index contributed by atoms with van der Waals surface area (Å²) >= 11 is 0. The van der Waals surface area contributed by atoms with Gasteiger partial charge in [-0.05, 0) is 31.2 Å². The molecule has 6 heteroatoms. The van der Waals surface area contributed by atoms with E-state index in [-0.39, 0.29) is 12.7 Å². The number of rotatable bonds is 5. The van der Waals surface area contributed by atoms with E-state index in [0.29, 0.717) is 22.9 Å². The Morgan fingerprint density at radius 3 is 2.78 bits per heavy atom. The number of benzene rings is 2. The summed E-state index contributed by atoms with van der Waals surface area (Å²) in [5, 5.41) is 5.99. The molecule has 1 unspecified atom stereocenters. The molecule has 0 fully saturated rings. The maximum absolute atomic E-state index is 12.3. The Hall–Kier alpha value is -2.89. The van der Waals surface area contributed by atoms with Crippen LogP contribution in [0.3, 0.4) is 0 Å². The standard InChI is InChI=1S/C17H18N2O4/c1-11(17(20)19-13-5-3-4-6-14(13)21-2)18-12-7-8-15-16(9-12)23-10-22-15/h3-9,11,18H,10H2,1-2H3,(H,19,20). The van der Waals surface area contributed by atoms with E-state index in [1.54, 1.807) is 26.2 Å². The summed E-state index contributed by atoms with van der Waals surface area (Å²) in [7, 11) is 1.57. The van der Waals surface area contributed by atoms with Crippen LogP contribution in [0.15, 0.2) is 42.5 Å². The average molecular weight is 314 g/mol. The minimum Gasteiger partial charge on any atom is -0.495 e. The maximum Gasteiger partial charge on any atom is 0.246 e. The maximum atomic E-state index is 12.3. The van der Waals surface area contributed by atoms with Crippen molar-refractivity contribution in [2.75, 3.05) is 24.5 Å². The quantitative estimate of drug-likeness (QED) is 0.888. The Morgan fingerprint density at radius 1 is 1.17 bits per heavy atom. The highest BCUT2D eigenvalue weighted by atomic mass is 16.7. The molecule has 6 nitrogen and oxygen atoms in total. The van der Waals surface area contributed by atoms with Crippen LogP contribution in [0.5, 0.6) is 17.2 Å². The van der Waals surface area contributed by atoms with Gasteiger partial charge in [0.15, 0.2) is 11.5 Å². The van der Waals surface area contributed by atoms with Gasteiger partial charge in [0, 0.05) is 11.8 Å². The predicted molar refractivity (Wildman–Crippen MR) is 87.3 cm³/mol. The lowest BCUT2D eigenvalue weighted by Gasteiger charge is -2.16. The molecule has 0 saturated heterocycles.